The largest absolute Gasteiger partial charge is 0.454 e. The SMILES string of the molecule is CCCC[C@]1(C)NC(=O)N(CC(=O)OCC(=O)Nc2ccccc2C)C1=O. The summed E-state index contributed by atoms with van der Waals surface area (Å²) in [7, 11) is 0. The number of anilines is 1. The van der Waals surface area contributed by atoms with Gasteiger partial charge in [0, 0.05) is 5.69 Å². The lowest BCUT2D eigenvalue weighted by atomic mass is 9.95. The number of rotatable bonds is 8. The first kappa shape index (κ1) is 20.4. The van der Waals surface area contributed by atoms with E-state index in [9.17, 15) is 19.2 Å². The number of hydrogen-bond donors (Lipinski definition) is 2. The van der Waals surface area contributed by atoms with E-state index < -0.39 is 42.5 Å². The summed E-state index contributed by atoms with van der Waals surface area (Å²) in [5.74, 6) is -1.77. The molecule has 2 N–H and O–H groups in total. The van der Waals surface area contributed by atoms with Crippen LogP contribution in [0.5, 0.6) is 0 Å². The van der Waals surface area contributed by atoms with Gasteiger partial charge in [0.25, 0.3) is 11.8 Å². The first-order chi connectivity index (χ1) is 12.8. The molecule has 1 saturated heterocycles. The van der Waals surface area contributed by atoms with Crippen molar-refractivity contribution in [1.29, 1.82) is 0 Å². The normalized spacial score (nSPS) is 19.0. The van der Waals surface area contributed by atoms with Crippen molar-refractivity contribution in [3.05, 3.63) is 29.8 Å². The molecule has 27 heavy (non-hydrogen) atoms. The maximum atomic E-state index is 12.5. The van der Waals surface area contributed by atoms with E-state index in [4.69, 9.17) is 4.74 Å². The minimum absolute atomic E-state index is 0.456. The first-order valence-corrected chi connectivity index (χ1v) is 8.92. The van der Waals surface area contributed by atoms with Crippen molar-refractivity contribution in [1.82, 2.24) is 10.2 Å². The summed E-state index contributed by atoms with van der Waals surface area (Å²) < 4.78 is 4.90. The molecule has 0 aromatic heterocycles. The molecule has 1 atom stereocenters. The molecule has 1 aromatic carbocycles. The topological polar surface area (TPSA) is 105 Å². The van der Waals surface area contributed by atoms with Crippen LogP contribution in [0.4, 0.5) is 10.5 Å². The lowest BCUT2D eigenvalue weighted by Crippen LogP contribution is -2.44. The van der Waals surface area contributed by atoms with E-state index in [1.165, 1.54) is 0 Å². The number of benzene rings is 1. The minimum atomic E-state index is -1.00. The van der Waals surface area contributed by atoms with Gasteiger partial charge >= 0.3 is 12.0 Å². The number of hydrogen-bond acceptors (Lipinski definition) is 5. The van der Waals surface area contributed by atoms with Gasteiger partial charge in [0.15, 0.2) is 6.61 Å². The fourth-order valence-electron chi connectivity index (χ4n) is 2.81. The Balaban J connectivity index is 1.85. The fraction of sp³-hybridized carbons (Fsp3) is 0.474. The van der Waals surface area contributed by atoms with E-state index in [2.05, 4.69) is 10.6 Å². The summed E-state index contributed by atoms with van der Waals surface area (Å²) in [6.45, 7) is 4.45. The molecule has 4 amide bonds. The van der Waals surface area contributed by atoms with Crippen LogP contribution in [0.1, 0.15) is 38.7 Å². The average Bonchev–Trinajstić information content (AvgIpc) is 2.84. The quantitative estimate of drug-likeness (QED) is 0.534. The highest BCUT2D eigenvalue weighted by molar-refractivity contribution is 6.08. The molecule has 1 aliphatic heterocycles. The summed E-state index contributed by atoms with van der Waals surface area (Å²) in [5, 5.41) is 5.26. The van der Waals surface area contributed by atoms with Crippen LogP contribution in [-0.2, 0) is 19.1 Å². The smallest absolute Gasteiger partial charge is 0.326 e. The van der Waals surface area contributed by atoms with Crippen LogP contribution >= 0.6 is 0 Å². The van der Waals surface area contributed by atoms with Crippen LogP contribution in [0.3, 0.4) is 0 Å². The molecule has 0 saturated carbocycles. The Morgan fingerprint density at radius 3 is 2.63 bits per heavy atom. The Morgan fingerprint density at radius 2 is 1.96 bits per heavy atom. The Labute approximate surface area is 158 Å². The first-order valence-electron chi connectivity index (χ1n) is 8.92. The summed E-state index contributed by atoms with van der Waals surface area (Å²) >= 11 is 0. The second-order valence-electron chi connectivity index (χ2n) is 6.78. The summed E-state index contributed by atoms with van der Waals surface area (Å²) in [6, 6.07) is 6.58. The number of aryl methyl sites for hydroxylation is 1. The molecular weight excluding hydrogens is 350 g/mol. The van der Waals surface area contributed by atoms with E-state index >= 15 is 0 Å². The third-order valence-corrected chi connectivity index (χ3v) is 4.45. The number of carbonyl (C=O) groups excluding carboxylic acids is 4. The van der Waals surface area contributed by atoms with Gasteiger partial charge < -0.3 is 15.4 Å². The van der Waals surface area contributed by atoms with Crippen LogP contribution in [0.2, 0.25) is 0 Å². The number of nitrogens with zero attached hydrogens (tertiary/aromatic N) is 1. The second-order valence-corrected chi connectivity index (χ2v) is 6.78. The zero-order valence-electron chi connectivity index (χ0n) is 15.8. The fourth-order valence-corrected chi connectivity index (χ4v) is 2.81. The van der Waals surface area contributed by atoms with Gasteiger partial charge in [0.05, 0.1) is 0 Å². The summed E-state index contributed by atoms with van der Waals surface area (Å²) in [5.41, 5.74) is 0.498. The van der Waals surface area contributed by atoms with Crippen molar-refractivity contribution < 1.29 is 23.9 Å². The van der Waals surface area contributed by atoms with Gasteiger partial charge in [-0.15, -0.1) is 0 Å². The van der Waals surface area contributed by atoms with Crippen molar-refractivity contribution in [2.45, 2.75) is 45.6 Å². The van der Waals surface area contributed by atoms with Crippen LogP contribution < -0.4 is 10.6 Å². The Morgan fingerprint density at radius 1 is 1.26 bits per heavy atom. The van der Waals surface area contributed by atoms with Gasteiger partial charge in [-0.2, -0.15) is 0 Å². The van der Waals surface area contributed by atoms with E-state index in [0.717, 1.165) is 23.3 Å². The highest BCUT2D eigenvalue weighted by Gasteiger charge is 2.47. The van der Waals surface area contributed by atoms with Crippen LogP contribution in [0.15, 0.2) is 24.3 Å². The predicted octanol–water partition coefficient (Wildman–Crippen LogP) is 1.98. The zero-order valence-corrected chi connectivity index (χ0v) is 15.8. The Bertz CT molecular complexity index is 749. The summed E-state index contributed by atoms with van der Waals surface area (Å²) in [6.07, 6.45) is 2.16. The summed E-state index contributed by atoms with van der Waals surface area (Å²) in [4.78, 5) is 49.2. The number of carbonyl (C=O) groups is 4. The van der Waals surface area contributed by atoms with Gasteiger partial charge in [0.2, 0.25) is 0 Å². The molecule has 146 valence electrons. The van der Waals surface area contributed by atoms with Crippen molar-refractivity contribution in [2.24, 2.45) is 0 Å². The molecule has 8 nitrogen and oxygen atoms in total. The number of urea groups is 1. The van der Waals surface area contributed by atoms with Gasteiger partial charge in [-0.3, -0.25) is 19.3 Å². The number of imide groups is 1. The van der Waals surface area contributed by atoms with E-state index in [0.29, 0.717) is 12.1 Å². The number of amides is 4. The molecule has 1 heterocycles. The minimum Gasteiger partial charge on any atom is -0.454 e. The van der Waals surface area contributed by atoms with Gasteiger partial charge in [-0.25, -0.2) is 4.79 Å². The lowest BCUT2D eigenvalue weighted by Gasteiger charge is -2.21. The van der Waals surface area contributed by atoms with Crippen molar-refractivity contribution in [3.63, 3.8) is 0 Å². The number of esters is 1. The molecule has 0 unspecified atom stereocenters. The molecule has 2 rings (SSSR count). The van der Waals surface area contributed by atoms with Crippen molar-refractivity contribution >= 4 is 29.5 Å². The molecule has 0 spiro atoms. The van der Waals surface area contributed by atoms with Gasteiger partial charge in [-0.1, -0.05) is 38.0 Å². The Hall–Kier alpha value is -2.90. The third kappa shape index (κ3) is 5.06. The van der Waals surface area contributed by atoms with E-state index in [-0.39, 0.29) is 0 Å². The maximum Gasteiger partial charge on any atom is 0.326 e. The molecule has 1 fully saturated rings. The molecule has 0 radical (unpaired) electrons. The Kier molecular flexibility index (Phi) is 6.55. The zero-order chi connectivity index (χ0) is 20.0. The van der Waals surface area contributed by atoms with Gasteiger partial charge in [0.1, 0.15) is 12.1 Å². The van der Waals surface area contributed by atoms with Gasteiger partial charge in [-0.05, 0) is 31.9 Å². The predicted molar refractivity (Wildman–Crippen MR) is 98.9 cm³/mol. The van der Waals surface area contributed by atoms with Crippen molar-refractivity contribution in [2.75, 3.05) is 18.5 Å². The number of nitrogens with one attached hydrogen (secondary N) is 2. The number of ether oxygens (including phenoxy) is 1. The monoisotopic (exact) mass is 375 g/mol. The number of para-hydroxylation sites is 1. The van der Waals surface area contributed by atoms with E-state index in [1.54, 1.807) is 19.1 Å². The molecular formula is C19H25N3O5. The third-order valence-electron chi connectivity index (χ3n) is 4.45. The molecule has 0 bridgehead atoms. The standard InChI is InChI=1S/C19H25N3O5/c1-4-5-10-19(3)17(25)22(18(26)21-19)11-16(24)27-12-15(23)20-14-9-7-6-8-13(14)2/h6-9H,4-5,10-12H2,1-3H3,(H,20,23)(H,21,26)/t19-/m0/s1. The highest BCUT2D eigenvalue weighted by Crippen LogP contribution is 2.23. The lowest BCUT2D eigenvalue weighted by molar-refractivity contribution is -0.150. The maximum absolute atomic E-state index is 12.5. The molecule has 0 aliphatic carbocycles. The molecule has 8 heteroatoms. The van der Waals surface area contributed by atoms with E-state index in [1.807, 2.05) is 26.0 Å². The van der Waals surface area contributed by atoms with Crippen LogP contribution in [0.25, 0.3) is 0 Å². The highest BCUT2D eigenvalue weighted by atomic mass is 16.5. The number of unbranched alkanes of at least 4 members (excludes halogenated alkanes) is 1. The molecule has 1 aliphatic rings. The van der Waals surface area contributed by atoms with Crippen LogP contribution in [-0.4, -0.2) is 47.4 Å². The second kappa shape index (κ2) is 8.66. The van der Waals surface area contributed by atoms with Crippen LogP contribution in [0, 0.1) is 6.92 Å². The van der Waals surface area contributed by atoms with Crippen molar-refractivity contribution in [3.8, 4) is 0 Å². The average molecular weight is 375 g/mol. The molecule has 1 aromatic rings.